The predicted molar refractivity (Wildman–Crippen MR) is 58.2 cm³/mol. The minimum absolute atomic E-state index is 0.859. The van der Waals surface area contributed by atoms with E-state index in [2.05, 4.69) is 32.2 Å². The van der Waals surface area contributed by atoms with Crippen molar-refractivity contribution in [1.82, 2.24) is 0 Å². The van der Waals surface area contributed by atoms with Gasteiger partial charge in [-0.15, -0.1) is 0 Å². The summed E-state index contributed by atoms with van der Waals surface area (Å²) in [6.45, 7) is 7.79. The highest BCUT2D eigenvalue weighted by molar-refractivity contribution is 6.72. The molecule has 2 aliphatic rings. The van der Waals surface area contributed by atoms with Crippen LogP contribution in [0.2, 0.25) is 18.6 Å². The van der Waals surface area contributed by atoms with Gasteiger partial charge in [-0.1, -0.05) is 12.2 Å². The monoisotopic (exact) mass is 196 g/mol. The third kappa shape index (κ3) is 1.62. The van der Waals surface area contributed by atoms with Gasteiger partial charge >= 0.3 is 0 Å². The van der Waals surface area contributed by atoms with E-state index in [0.29, 0.717) is 0 Å². The minimum Gasteiger partial charge on any atom is -0.417 e. The highest BCUT2D eigenvalue weighted by Gasteiger charge is 2.45. The topological polar surface area (TPSA) is 9.23 Å². The molecule has 3 unspecified atom stereocenters. The van der Waals surface area contributed by atoms with Crippen LogP contribution in [0.4, 0.5) is 0 Å². The smallest absolute Gasteiger partial charge is 0.190 e. The summed E-state index contributed by atoms with van der Waals surface area (Å²) in [6, 6.07) is 0. The van der Waals surface area contributed by atoms with Crippen molar-refractivity contribution in [3.8, 4) is 0 Å². The molecule has 1 nitrogen and oxygen atoms in total. The Morgan fingerprint density at radius 2 is 2.08 bits per heavy atom. The quantitative estimate of drug-likeness (QED) is 0.497. The van der Waals surface area contributed by atoms with E-state index < -0.39 is 8.32 Å². The molecule has 3 atom stereocenters. The molecule has 0 aromatic heterocycles. The van der Waals surface area contributed by atoms with Crippen LogP contribution in [0.5, 0.6) is 0 Å². The molecule has 0 N–H and O–H groups in total. The SMILES string of the molecule is CCO[Si](C)(C)C1CC2C=CC1C2. The van der Waals surface area contributed by atoms with Crippen LogP contribution >= 0.6 is 0 Å². The van der Waals surface area contributed by atoms with Gasteiger partial charge in [-0.05, 0) is 50.2 Å². The van der Waals surface area contributed by atoms with Gasteiger partial charge in [0.05, 0.1) is 0 Å². The van der Waals surface area contributed by atoms with Crippen LogP contribution in [0.25, 0.3) is 0 Å². The molecule has 0 aliphatic heterocycles. The molecule has 0 saturated heterocycles. The van der Waals surface area contributed by atoms with E-state index >= 15 is 0 Å². The summed E-state index contributed by atoms with van der Waals surface area (Å²) in [5.41, 5.74) is 0.891. The molecular formula is C11H20OSi. The third-order valence-corrected chi connectivity index (χ3v) is 7.17. The Morgan fingerprint density at radius 1 is 1.31 bits per heavy atom. The fourth-order valence-corrected chi connectivity index (χ4v) is 6.17. The Kier molecular flexibility index (Phi) is 2.36. The molecule has 2 aliphatic carbocycles. The molecule has 74 valence electrons. The Morgan fingerprint density at radius 3 is 2.54 bits per heavy atom. The van der Waals surface area contributed by atoms with Crippen molar-refractivity contribution in [2.45, 2.75) is 38.4 Å². The molecule has 0 aromatic carbocycles. The molecule has 0 spiro atoms. The zero-order chi connectivity index (χ0) is 9.47. The zero-order valence-electron chi connectivity index (χ0n) is 8.92. The van der Waals surface area contributed by atoms with Gasteiger partial charge < -0.3 is 4.43 Å². The second-order valence-corrected chi connectivity index (χ2v) is 9.16. The van der Waals surface area contributed by atoms with Gasteiger partial charge in [0.25, 0.3) is 0 Å². The maximum Gasteiger partial charge on any atom is 0.190 e. The van der Waals surface area contributed by atoms with Crippen molar-refractivity contribution in [1.29, 1.82) is 0 Å². The molecule has 13 heavy (non-hydrogen) atoms. The summed E-state index contributed by atoms with van der Waals surface area (Å²) < 4.78 is 5.97. The number of allylic oxidation sites excluding steroid dienone is 2. The van der Waals surface area contributed by atoms with Crippen LogP contribution in [-0.2, 0) is 4.43 Å². The van der Waals surface area contributed by atoms with Gasteiger partial charge in [-0.2, -0.15) is 0 Å². The van der Waals surface area contributed by atoms with Crippen LogP contribution < -0.4 is 0 Å². The fourth-order valence-electron chi connectivity index (χ4n) is 3.06. The number of rotatable bonds is 3. The van der Waals surface area contributed by atoms with E-state index in [1.54, 1.807) is 0 Å². The summed E-state index contributed by atoms with van der Waals surface area (Å²) in [5.74, 6) is 1.75. The standard InChI is InChI=1S/C11H20OSi/c1-4-12-13(2,3)11-8-9-5-6-10(11)7-9/h5-6,9-11H,4,7-8H2,1-3H3. The molecule has 1 saturated carbocycles. The normalized spacial score (nSPS) is 37.3. The Bertz CT molecular complexity index is 222. The summed E-state index contributed by atoms with van der Waals surface area (Å²) in [6.07, 6.45) is 7.67. The van der Waals surface area contributed by atoms with Crippen LogP contribution in [0.3, 0.4) is 0 Å². The fraction of sp³-hybridized carbons (Fsp3) is 0.818. The molecule has 0 amide bonds. The van der Waals surface area contributed by atoms with Gasteiger partial charge in [-0.3, -0.25) is 0 Å². The average Bonchev–Trinajstić information content (AvgIpc) is 2.63. The van der Waals surface area contributed by atoms with Crippen molar-refractivity contribution in [3.63, 3.8) is 0 Å². The lowest BCUT2D eigenvalue weighted by atomic mass is 10.1. The van der Waals surface area contributed by atoms with Crippen LogP contribution in [0, 0.1) is 11.8 Å². The van der Waals surface area contributed by atoms with Gasteiger partial charge in [0.2, 0.25) is 0 Å². The van der Waals surface area contributed by atoms with Crippen LogP contribution in [-0.4, -0.2) is 14.9 Å². The maximum absolute atomic E-state index is 5.97. The highest BCUT2D eigenvalue weighted by atomic mass is 28.4. The summed E-state index contributed by atoms with van der Waals surface area (Å²) in [7, 11) is -1.38. The lowest BCUT2D eigenvalue weighted by molar-refractivity contribution is 0.313. The number of fused-ring (bicyclic) bond motifs is 2. The molecular weight excluding hydrogens is 176 g/mol. The van der Waals surface area contributed by atoms with Crippen molar-refractivity contribution in [2.24, 2.45) is 11.8 Å². The van der Waals surface area contributed by atoms with Crippen molar-refractivity contribution in [3.05, 3.63) is 12.2 Å². The van der Waals surface area contributed by atoms with E-state index in [1.807, 2.05) is 0 Å². The molecule has 0 radical (unpaired) electrons. The van der Waals surface area contributed by atoms with Crippen molar-refractivity contribution >= 4 is 8.32 Å². The zero-order valence-corrected chi connectivity index (χ0v) is 9.92. The molecule has 0 aromatic rings. The second-order valence-electron chi connectivity index (χ2n) is 4.92. The minimum atomic E-state index is -1.38. The van der Waals surface area contributed by atoms with Gasteiger partial charge in [0, 0.05) is 6.61 Å². The Balaban J connectivity index is 2.05. The van der Waals surface area contributed by atoms with Gasteiger partial charge in [0.1, 0.15) is 0 Å². The predicted octanol–water partition coefficient (Wildman–Crippen LogP) is 3.19. The number of hydrogen-bond acceptors (Lipinski definition) is 1. The maximum atomic E-state index is 5.97. The van der Waals surface area contributed by atoms with E-state index in [4.69, 9.17) is 4.43 Å². The lowest BCUT2D eigenvalue weighted by Gasteiger charge is -2.33. The average molecular weight is 196 g/mol. The number of hydrogen-bond donors (Lipinski definition) is 0. The van der Waals surface area contributed by atoms with E-state index in [1.165, 1.54) is 12.8 Å². The third-order valence-electron chi connectivity index (χ3n) is 3.69. The first-order valence-electron chi connectivity index (χ1n) is 5.45. The Labute approximate surface area is 82.3 Å². The van der Waals surface area contributed by atoms with Gasteiger partial charge in [0.15, 0.2) is 8.32 Å². The van der Waals surface area contributed by atoms with Crippen molar-refractivity contribution < 1.29 is 4.43 Å². The lowest BCUT2D eigenvalue weighted by Crippen LogP contribution is -2.38. The van der Waals surface area contributed by atoms with E-state index in [9.17, 15) is 0 Å². The molecule has 0 heterocycles. The summed E-state index contributed by atoms with van der Waals surface area (Å²) >= 11 is 0. The largest absolute Gasteiger partial charge is 0.417 e. The summed E-state index contributed by atoms with van der Waals surface area (Å²) in [5, 5.41) is 0. The first-order valence-corrected chi connectivity index (χ1v) is 8.44. The molecule has 2 bridgehead atoms. The van der Waals surface area contributed by atoms with E-state index in [-0.39, 0.29) is 0 Å². The Hall–Kier alpha value is -0.0831. The van der Waals surface area contributed by atoms with Crippen molar-refractivity contribution in [2.75, 3.05) is 6.61 Å². The summed E-state index contributed by atoms with van der Waals surface area (Å²) in [4.78, 5) is 0. The molecule has 2 heteroatoms. The first-order chi connectivity index (χ1) is 6.13. The van der Waals surface area contributed by atoms with Crippen LogP contribution in [0.15, 0.2) is 12.2 Å². The highest BCUT2D eigenvalue weighted by Crippen LogP contribution is 2.51. The molecule has 2 rings (SSSR count). The second kappa shape index (κ2) is 3.25. The van der Waals surface area contributed by atoms with E-state index in [0.717, 1.165) is 24.0 Å². The first kappa shape index (κ1) is 9.47. The van der Waals surface area contributed by atoms with Crippen LogP contribution in [0.1, 0.15) is 19.8 Å². The van der Waals surface area contributed by atoms with Gasteiger partial charge in [-0.25, -0.2) is 0 Å². The molecule has 1 fully saturated rings.